The predicted octanol–water partition coefficient (Wildman–Crippen LogP) is 3.74. The van der Waals surface area contributed by atoms with Crippen LogP contribution in [0, 0.1) is 0 Å². The zero-order valence-electron chi connectivity index (χ0n) is 13.0. The summed E-state index contributed by atoms with van der Waals surface area (Å²) in [6.07, 6.45) is 0.955. The smallest absolute Gasteiger partial charge is 0.123 e. The molecule has 0 spiro atoms. The number of methoxy groups -OCH3 is 1. The van der Waals surface area contributed by atoms with Crippen molar-refractivity contribution in [1.29, 1.82) is 0 Å². The van der Waals surface area contributed by atoms with Crippen molar-refractivity contribution in [2.24, 2.45) is 5.73 Å². The maximum absolute atomic E-state index is 6.05. The summed E-state index contributed by atoms with van der Waals surface area (Å²) in [6.45, 7) is 2.91. The van der Waals surface area contributed by atoms with Crippen LogP contribution >= 0.6 is 0 Å². The molecule has 3 heteroatoms. The standard InChI is InChI=1S/C18H24N2O/c1-4-17(19)14-9-11-16(12-10-14)20(2)13-15-7-5-6-8-18(15)21-3/h5-12,17H,4,13,19H2,1-3H3/t17-/m0/s1. The average molecular weight is 284 g/mol. The van der Waals surface area contributed by atoms with E-state index in [2.05, 4.69) is 49.2 Å². The Balaban J connectivity index is 2.11. The molecular formula is C18H24N2O. The molecule has 0 bridgehead atoms. The zero-order valence-corrected chi connectivity index (χ0v) is 13.0. The minimum atomic E-state index is 0.124. The highest BCUT2D eigenvalue weighted by molar-refractivity contribution is 5.49. The molecule has 0 radical (unpaired) electrons. The molecule has 0 saturated heterocycles. The summed E-state index contributed by atoms with van der Waals surface area (Å²) in [5, 5.41) is 0. The fourth-order valence-electron chi connectivity index (χ4n) is 2.39. The van der Waals surface area contributed by atoms with Crippen LogP contribution in [0.25, 0.3) is 0 Å². The number of hydrogen-bond acceptors (Lipinski definition) is 3. The van der Waals surface area contributed by atoms with Crippen LogP contribution in [0.4, 0.5) is 5.69 Å². The molecule has 2 aromatic carbocycles. The van der Waals surface area contributed by atoms with Crippen molar-refractivity contribution in [3.63, 3.8) is 0 Å². The lowest BCUT2D eigenvalue weighted by molar-refractivity contribution is 0.409. The predicted molar refractivity (Wildman–Crippen MR) is 88.8 cm³/mol. The summed E-state index contributed by atoms with van der Waals surface area (Å²) >= 11 is 0. The van der Waals surface area contributed by atoms with Crippen molar-refractivity contribution >= 4 is 5.69 Å². The van der Waals surface area contributed by atoms with Gasteiger partial charge in [0.05, 0.1) is 7.11 Å². The maximum Gasteiger partial charge on any atom is 0.123 e. The zero-order chi connectivity index (χ0) is 15.2. The topological polar surface area (TPSA) is 38.5 Å². The normalized spacial score (nSPS) is 12.0. The van der Waals surface area contributed by atoms with Gasteiger partial charge >= 0.3 is 0 Å². The number of anilines is 1. The van der Waals surface area contributed by atoms with E-state index in [1.54, 1.807) is 7.11 Å². The summed E-state index contributed by atoms with van der Waals surface area (Å²) in [5.74, 6) is 0.925. The van der Waals surface area contributed by atoms with E-state index in [9.17, 15) is 0 Å². The first-order valence-electron chi connectivity index (χ1n) is 7.34. The lowest BCUT2D eigenvalue weighted by atomic mass is 10.0. The van der Waals surface area contributed by atoms with Crippen LogP contribution in [0.5, 0.6) is 5.75 Å². The molecule has 2 aromatic rings. The van der Waals surface area contributed by atoms with Crippen LogP contribution in [0.15, 0.2) is 48.5 Å². The molecule has 0 amide bonds. The molecule has 2 rings (SSSR count). The second kappa shape index (κ2) is 7.14. The van der Waals surface area contributed by atoms with E-state index in [4.69, 9.17) is 10.5 Å². The van der Waals surface area contributed by atoms with Gasteiger partial charge in [-0.2, -0.15) is 0 Å². The Morgan fingerprint density at radius 2 is 1.76 bits per heavy atom. The molecule has 0 heterocycles. The van der Waals surface area contributed by atoms with Gasteiger partial charge in [0.1, 0.15) is 5.75 Å². The number of hydrogen-bond donors (Lipinski definition) is 1. The Morgan fingerprint density at radius 1 is 1.10 bits per heavy atom. The van der Waals surface area contributed by atoms with Gasteiger partial charge in [-0.1, -0.05) is 37.3 Å². The van der Waals surface area contributed by atoms with E-state index in [0.717, 1.165) is 18.7 Å². The van der Waals surface area contributed by atoms with Crippen LogP contribution in [0.1, 0.15) is 30.5 Å². The van der Waals surface area contributed by atoms with Crippen molar-refractivity contribution < 1.29 is 4.74 Å². The molecule has 3 nitrogen and oxygen atoms in total. The number of nitrogens with two attached hydrogens (primary N) is 1. The maximum atomic E-state index is 6.05. The monoisotopic (exact) mass is 284 g/mol. The summed E-state index contributed by atoms with van der Waals surface area (Å²) in [5.41, 5.74) is 9.59. The molecule has 0 saturated carbocycles. The van der Waals surface area contributed by atoms with Gasteiger partial charge in [-0.25, -0.2) is 0 Å². The first kappa shape index (κ1) is 15.4. The Bertz CT molecular complexity index is 566. The molecule has 112 valence electrons. The van der Waals surface area contributed by atoms with Gasteiger partial charge in [0.2, 0.25) is 0 Å². The number of para-hydroxylation sites is 1. The summed E-state index contributed by atoms with van der Waals surface area (Å²) in [4.78, 5) is 2.21. The Kier molecular flexibility index (Phi) is 5.23. The second-order valence-electron chi connectivity index (χ2n) is 5.27. The van der Waals surface area contributed by atoms with Gasteiger partial charge in [0, 0.05) is 30.9 Å². The van der Waals surface area contributed by atoms with Crippen LogP contribution in [0.3, 0.4) is 0 Å². The second-order valence-corrected chi connectivity index (χ2v) is 5.27. The summed E-state index contributed by atoms with van der Waals surface area (Å²) in [6, 6.07) is 16.7. The molecule has 0 fully saturated rings. The van der Waals surface area contributed by atoms with Crippen molar-refractivity contribution in [3.8, 4) is 5.75 Å². The largest absolute Gasteiger partial charge is 0.496 e. The Labute approximate surface area is 127 Å². The molecule has 1 atom stereocenters. The van der Waals surface area contributed by atoms with Crippen molar-refractivity contribution in [1.82, 2.24) is 0 Å². The van der Waals surface area contributed by atoms with E-state index in [1.165, 1.54) is 16.8 Å². The van der Waals surface area contributed by atoms with Gasteiger partial charge in [-0.05, 0) is 30.2 Å². The van der Waals surface area contributed by atoms with Crippen LogP contribution in [-0.2, 0) is 6.54 Å². The minimum absolute atomic E-state index is 0.124. The highest BCUT2D eigenvalue weighted by Crippen LogP contribution is 2.23. The SMILES string of the molecule is CC[C@H](N)c1ccc(N(C)Cc2ccccc2OC)cc1. The highest BCUT2D eigenvalue weighted by atomic mass is 16.5. The van der Waals surface area contributed by atoms with Crippen LogP contribution in [0.2, 0.25) is 0 Å². The van der Waals surface area contributed by atoms with Crippen LogP contribution < -0.4 is 15.4 Å². The van der Waals surface area contributed by atoms with Crippen molar-refractivity contribution in [3.05, 3.63) is 59.7 Å². The summed E-state index contributed by atoms with van der Waals surface area (Å²) in [7, 11) is 3.79. The third-order valence-corrected chi connectivity index (χ3v) is 3.80. The lowest BCUT2D eigenvalue weighted by Gasteiger charge is -2.21. The van der Waals surface area contributed by atoms with E-state index < -0.39 is 0 Å². The fraction of sp³-hybridized carbons (Fsp3) is 0.333. The summed E-state index contributed by atoms with van der Waals surface area (Å²) < 4.78 is 5.40. The molecule has 0 aliphatic carbocycles. The first-order valence-corrected chi connectivity index (χ1v) is 7.34. The Hall–Kier alpha value is -2.00. The van der Waals surface area contributed by atoms with E-state index in [1.807, 2.05) is 18.2 Å². The first-order chi connectivity index (χ1) is 10.2. The molecular weight excluding hydrogens is 260 g/mol. The fourth-order valence-corrected chi connectivity index (χ4v) is 2.39. The molecule has 0 aliphatic rings. The highest BCUT2D eigenvalue weighted by Gasteiger charge is 2.08. The molecule has 0 unspecified atom stereocenters. The van der Waals surface area contributed by atoms with Gasteiger partial charge in [0.15, 0.2) is 0 Å². The van der Waals surface area contributed by atoms with Gasteiger partial charge < -0.3 is 15.4 Å². The number of nitrogens with zero attached hydrogens (tertiary/aromatic N) is 1. The molecule has 0 aromatic heterocycles. The number of rotatable bonds is 6. The van der Waals surface area contributed by atoms with Crippen molar-refractivity contribution in [2.75, 3.05) is 19.1 Å². The van der Waals surface area contributed by atoms with Gasteiger partial charge in [-0.3, -0.25) is 0 Å². The number of ether oxygens (including phenoxy) is 1. The van der Waals surface area contributed by atoms with E-state index in [-0.39, 0.29) is 6.04 Å². The molecule has 0 aliphatic heterocycles. The molecule has 21 heavy (non-hydrogen) atoms. The lowest BCUT2D eigenvalue weighted by Crippen LogP contribution is -2.17. The quantitative estimate of drug-likeness (QED) is 0.878. The van der Waals surface area contributed by atoms with Crippen molar-refractivity contribution in [2.45, 2.75) is 25.9 Å². The Morgan fingerprint density at radius 3 is 2.38 bits per heavy atom. The minimum Gasteiger partial charge on any atom is -0.496 e. The van der Waals surface area contributed by atoms with Gasteiger partial charge in [-0.15, -0.1) is 0 Å². The molecule has 2 N–H and O–H groups in total. The number of benzene rings is 2. The van der Waals surface area contributed by atoms with E-state index in [0.29, 0.717) is 0 Å². The third kappa shape index (κ3) is 3.76. The van der Waals surface area contributed by atoms with E-state index >= 15 is 0 Å². The van der Waals surface area contributed by atoms with Gasteiger partial charge in [0.25, 0.3) is 0 Å². The third-order valence-electron chi connectivity index (χ3n) is 3.80. The average Bonchev–Trinajstić information content (AvgIpc) is 2.54. The van der Waals surface area contributed by atoms with Crippen LogP contribution in [-0.4, -0.2) is 14.2 Å².